The van der Waals surface area contributed by atoms with Gasteiger partial charge >= 0.3 is 6.03 Å². The van der Waals surface area contributed by atoms with Crippen LogP contribution in [0.15, 0.2) is 73.3 Å². The molecule has 10 heteroatoms. The van der Waals surface area contributed by atoms with Crippen molar-refractivity contribution in [2.24, 2.45) is 0 Å². The molecular weight excluding hydrogens is 494 g/mol. The summed E-state index contributed by atoms with van der Waals surface area (Å²) >= 11 is 0. The van der Waals surface area contributed by atoms with Crippen LogP contribution in [0.1, 0.15) is 41.4 Å². The third-order valence-electron chi connectivity index (χ3n) is 5.86. The molecule has 1 atom stereocenters. The molecule has 0 radical (unpaired) electrons. The average molecular weight is 526 g/mol. The number of carbonyl (C=O) groups excluding carboxylic acids is 2. The Labute approximate surface area is 227 Å². The minimum Gasteiger partial charge on any atom is -0.495 e. The Morgan fingerprint density at radius 3 is 2.56 bits per heavy atom. The number of nitrogens with zero attached hydrogens (tertiary/aromatic N) is 3. The third-order valence-corrected chi connectivity index (χ3v) is 5.86. The molecule has 0 saturated carbocycles. The summed E-state index contributed by atoms with van der Waals surface area (Å²) in [6.07, 6.45) is 6.57. The van der Waals surface area contributed by atoms with E-state index >= 15 is 0 Å². The number of benzene rings is 2. The average Bonchev–Trinajstić information content (AvgIpc) is 2.93. The molecule has 3 amide bonds. The molecule has 0 unspecified atom stereocenters. The zero-order valence-electron chi connectivity index (χ0n) is 22.3. The highest BCUT2D eigenvalue weighted by atomic mass is 16.5. The highest BCUT2D eigenvalue weighted by Crippen LogP contribution is 2.30. The molecular formula is C29H31N7O3. The number of urea groups is 1. The lowest BCUT2D eigenvalue weighted by molar-refractivity contribution is 0.102. The summed E-state index contributed by atoms with van der Waals surface area (Å²) in [5, 5.41) is 11.8. The van der Waals surface area contributed by atoms with Crippen LogP contribution in [0.3, 0.4) is 0 Å². The van der Waals surface area contributed by atoms with Crippen molar-refractivity contribution in [1.29, 1.82) is 0 Å². The highest BCUT2D eigenvalue weighted by molar-refractivity contribution is 6.04. The van der Waals surface area contributed by atoms with E-state index in [1.165, 1.54) is 0 Å². The maximum Gasteiger partial charge on any atom is 0.319 e. The number of rotatable bonds is 9. The number of hydrogen-bond donors (Lipinski definition) is 4. The number of anilines is 3. The Hall–Kier alpha value is -4.99. The predicted molar refractivity (Wildman–Crippen MR) is 152 cm³/mol. The molecule has 4 N–H and O–H groups in total. The summed E-state index contributed by atoms with van der Waals surface area (Å²) in [6.45, 7) is 6.27. The van der Waals surface area contributed by atoms with Gasteiger partial charge in [-0.3, -0.25) is 14.8 Å². The van der Waals surface area contributed by atoms with E-state index in [4.69, 9.17) is 9.72 Å². The zero-order chi connectivity index (χ0) is 27.8. The molecule has 2 aromatic carbocycles. The van der Waals surface area contributed by atoms with Crippen molar-refractivity contribution in [3.63, 3.8) is 0 Å². The number of carbonyl (C=O) groups is 2. The largest absolute Gasteiger partial charge is 0.495 e. The summed E-state index contributed by atoms with van der Waals surface area (Å²) < 4.78 is 5.47. The smallest absolute Gasteiger partial charge is 0.319 e. The van der Waals surface area contributed by atoms with E-state index in [-0.39, 0.29) is 18.0 Å². The molecule has 0 aliphatic carbocycles. The number of pyridine rings is 1. The first-order valence-corrected chi connectivity index (χ1v) is 12.5. The number of amides is 3. The minimum atomic E-state index is -0.306. The molecule has 0 saturated heterocycles. The van der Waals surface area contributed by atoms with Crippen LogP contribution < -0.4 is 26.0 Å². The topological polar surface area (TPSA) is 130 Å². The van der Waals surface area contributed by atoms with Gasteiger partial charge in [0.2, 0.25) is 0 Å². The second-order valence-electron chi connectivity index (χ2n) is 8.89. The van der Waals surface area contributed by atoms with Crippen LogP contribution in [0.2, 0.25) is 0 Å². The number of methoxy groups -OCH3 is 1. The normalized spacial score (nSPS) is 11.3. The first kappa shape index (κ1) is 27.1. The van der Waals surface area contributed by atoms with Gasteiger partial charge in [-0.2, -0.15) is 0 Å². The lowest BCUT2D eigenvalue weighted by Crippen LogP contribution is -2.28. The van der Waals surface area contributed by atoms with Gasteiger partial charge in [-0.15, -0.1) is 0 Å². The molecule has 0 spiro atoms. The Morgan fingerprint density at radius 1 is 0.974 bits per heavy atom. The first-order chi connectivity index (χ1) is 18.9. The van der Waals surface area contributed by atoms with Crippen LogP contribution in [0.5, 0.6) is 5.75 Å². The van der Waals surface area contributed by atoms with Gasteiger partial charge in [-0.05, 0) is 62.2 Å². The molecule has 39 heavy (non-hydrogen) atoms. The van der Waals surface area contributed by atoms with Gasteiger partial charge in [0.25, 0.3) is 5.91 Å². The molecule has 0 bridgehead atoms. The van der Waals surface area contributed by atoms with E-state index in [0.717, 1.165) is 16.7 Å². The monoisotopic (exact) mass is 525 g/mol. The minimum absolute atomic E-state index is 0.120. The zero-order valence-corrected chi connectivity index (χ0v) is 22.3. The van der Waals surface area contributed by atoms with Crippen LogP contribution in [0, 0.1) is 6.92 Å². The molecule has 0 aliphatic rings. The number of nitrogens with one attached hydrogen (secondary N) is 4. The Balaban J connectivity index is 1.47. The van der Waals surface area contributed by atoms with Gasteiger partial charge in [0.15, 0.2) is 0 Å². The van der Waals surface area contributed by atoms with Gasteiger partial charge < -0.3 is 26.0 Å². The van der Waals surface area contributed by atoms with Crippen molar-refractivity contribution < 1.29 is 14.3 Å². The lowest BCUT2D eigenvalue weighted by Gasteiger charge is -2.17. The Morgan fingerprint density at radius 2 is 1.79 bits per heavy atom. The maximum absolute atomic E-state index is 12.6. The van der Waals surface area contributed by atoms with Gasteiger partial charge in [0.05, 0.1) is 42.5 Å². The molecule has 200 valence electrons. The van der Waals surface area contributed by atoms with E-state index in [2.05, 4.69) is 31.2 Å². The fourth-order valence-corrected chi connectivity index (χ4v) is 3.93. The van der Waals surface area contributed by atoms with E-state index in [0.29, 0.717) is 40.7 Å². The van der Waals surface area contributed by atoms with E-state index in [1.807, 2.05) is 51.1 Å². The summed E-state index contributed by atoms with van der Waals surface area (Å²) in [6, 6.07) is 14.4. The van der Waals surface area contributed by atoms with Crippen molar-refractivity contribution in [3.8, 4) is 17.0 Å². The number of aromatic nitrogens is 3. The second kappa shape index (κ2) is 12.5. The van der Waals surface area contributed by atoms with Crippen LogP contribution in [0.25, 0.3) is 11.3 Å². The molecule has 2 aromatic heterocycles. The molecule has 10 nitrogen and oxygen atoms in total. The SMILES string of the molecule is CCNC(=O)Nc1ccc(-c2cncc(N[C@@H](C)c3cccc(NC(=O)c4cncc(C)c4)c3)n2)cc1OC. The number of ether oxygens (including phenoxy) is 1. The standard InChI is InChI=1S/C29H31N7O3/c1-5-32-29(38)36-24-10-9-21(13-26(24)39-4)25-16-31-17-27(35-25)33-19(3)20-7-6-8-23(12-20)34-28(37)22-11-18(2)14-30-15-22/h6-17,19H,5H2,1-4H3,(H,33,35)(H,34,37)(H2,32,36,38)/t19-/m0/s1. The van der Waals surface area contributed by atoms with Gasteiger partial charge in [-0.1, -0.05) is 18.2 Å². The Kier molecular flexibility index (Phi) is 8.67. The van der Waals surface area contributed by atoms with Crippen LogP contribution in [0.4, 0.5) is 22.0 Å². The van der Waals surface area contributed by atoms with Crippen molar-refractivity contribution in [2.45, 2.75) is 26.8 Å². The fourth-order valence-electron chi connectivity index (χ4n) is 3.93. The van der Waals surface area contributed by atoms with Crippen LogP contribution in [-0.2, 0) is 0 Å². The predicted octanol–water partition coefficient (Wildman–Crippen LogP) is 5.42. The number of aryl methyl sites for hydroxylation is 1. The van der Waals surface area contributed by atoms with Gasteiger partial charge in [0.1, 0.15) is 11.6 Å². The third kappa shape index (κ3) is 7.07. The molecule has 4 aromatic rings. The maximum atomic E-state index is 12.6. The van der Waals surface area contributed by atoms with Crippen molar-refractivity contribution in [1.82, 2.24) is 20.3 Å². The van der Waals surface area contributed by atoms with E-state index < -0.39 is 0 Å². The van der Waals surface area contributed by atoms with E-state index in [9.17, 15) is 9.59 Å². The van der Waals surface area contributed by atoms with Gasteiger partial charge in [-0.25, -0.2) is 9.78 Å². The summed E-state index contributed by atoms with van der Waals surface area (Å²) in [5.74, 6) is 0.876. The molecule has 0 fully saturated rings. The quantitative estimate of drug-likeness (QED) is 0.229. The summed E-state index contributed by atoms with van der Waals surface area (Å²) in [4.78, 5) is 37.7. The number of hydrogen-bond acceptors (Lipinski definition) is 7. The van der Waals surface area contributed by atoms with Crippen molar-refractivity contribution in [3.05, 3.63) is 90.0 Å². The lowest BCUT2D eigenvalue weighted by atomic mass is 10.1. The highest BCUT2D eigenvalue weighted by Gasteiger charge is 2.13. The van der Waals surface area contributed by atoms with Crippen molar-refractivity contribution >= 4 is 29.1 Å². The first-order valence-electron chi connectivity index (χ1n) is 12.5. The second-order valence-corrected chi connectivity index (χ2v) is 8.89. The fraction of sp³-hybridized carbons (Fsp3) is 0.207. The van der Waals surface area contributed by atoms with Crippen molar-refractivity contribution in [2.75, 3.05) is 29.6 Å². The summed E-state index contributed by atoms with van der Waals surface area (Å²) in [5.41, 5.74) is 5.04. The summed E-state index contributed by atoms with van der Waals surface area (Å²) in [7, 11) is 1.54. The van der Waals surface area contributed by atoms with Crippen LogP contribution in [-0.4, -0.2) is 40.5 Å². The molecule has 0 aliphatic heterocycles. The van der Waals surface area contributed by atoms with E-state index in [1.54, 1.807) is 50.1 Å². The Bertz CT molecular complexity index is 1470. The molecule has 4 rings (SSSR count). The molecule has 2 heterocycles. The van der Waals surface area contributed by atoms with Gasteiger partial charge in [0, 0.05) is 30.2 Å². The van der Waals surface area contributed by atoms with Crippen LogP contribution >= 0.6 is 0 Å².